The van der Waals surface area contributed by atoms with Crippen molar-refractivity contribution in [3.05, 3.63) is 34.9 Å². The Morgan fingerprint density at radius 3 is 0.637 bits per heavy atom. The molecule has 1 heteroatoms. The van der Waals surface area contributed by atoms with E-state index in [4.69, 9.17) is 5.73 Å². The van der Waals surface area contributed by atoms with Crippen molar-refractivity contribution in [3.8, 4) is 0 Å². The van der Waals surface area contributed by atoms with Gasteiger partial charge in [0, 0.05) is 5.54 Å². The first-order chi connectivity index (χ1) is 39.6. The van der Waals surface area contributed by atoms with Crippen molar-refractivity contribution in [3.63, 3.8) is 0 Å². The maximum Gasteiger partial charge on any atom is 0.0412 e. The van der Waals surface area contributed by atoms with Crippen molar-refractivity contribution in [1.82, 2.24) is 0 Å². The van der Waals surface area contributed by atoms with Crippen LogP contribution < -0.4 is 5.73 Å². The highest BCUT2D eigenvalue weighted by Gasteiger charge is 2.30. The Hall–Kier alpha value is -0.820. The van der Waals surface area contributed by atoms with Crippen LogP contribution in [0.5, 0.6) is 0 Å². The van der Waals surface area contributed by atoms with E-state index in [1.807, 2.05) is 0 Å². The van der Waals surface area contributed by atoms with Gasteiger partial charge in [-0.05, 0) is 55.2 Å². The summed E-state index contributed by atoms with van der Waals surface area (Å²) in [4.78, 5) is 0. The van der Waals surface area contributed by atoms with Crippen LogP contribution >= 0.6 is 0 Å². The van der Waals surface area contributed by atoms with Crippen molar-refractivity contribution >= 4 is 0 Å². The van der Waals surface area contributed by atoms with Gasteiger partial charge < -0.3 is 5.73 Å². The number of benzene rings is 1. The largest absolute Gasteiger partial charge is 0.321 e. The van der Waals surface area contributed by atoms with Crippen LogP contribution in [0, 0.1) is 0 Å². The Morgan fingerprint density at radius 1 is 0.225 bits per heavy atom. The SMILES string of the molecule is CCCCCCCCCCCCCCCCCCc1cccc(C(N)(CCCCCCCCCCCCCCCCCC)CCCCCCCCCCCCCCCCCC)c1CCCCCCCCCCCCCCCCCC. The second kappa shape index (κ2) is 64.2. The molecule has 0 atom stereocenters. The Labute approximate surface area is 507 Å². The van der Waals surface area contributed by atoms with E-state index in [-0.39, 0.29) is 5.54 Å². The van der Waals surface area contributed by atoms with E-state index in [1.54, 1.807) is 16.7 Å². The summed E-state index contributed by atoms with van der Waals surface area (Å²) in [5, 5.41) is 0. The summed E-state index contributed by atoms with van der Waals surface area (Å²) < 4.78 is 0. The lowest BCUT2D eigenvalue weighted by Crippen LogP contribution is -2.38. The molecule has 0 aliphatic carbocycles. The molecular formula is C79H153N. The Kier molecular flexibility index (Phi) is 61.9. The maximum atomic E-state index is 7.96. The van der Waals surface area contributed by atoms with Gasteiger partial charge in [0.15, 0.2) is 0 Å². The quantitative estimate of drug-likeness (QED) is 0.0647. The molecule has 0 aliphatic rings. The zero-order valence-corrected chi connectivity index (χ0v) is 56.4. The summed E-state index contributed by atoms with van der Waals surface area (Å²) >= 11 is 0. The van der Waals surface area contributed by atoms with E-state index >= 15 is 0 Å². The Morgan fingerprint density at radius 2 is 0.412 bits per heavy atom. The monoisotopic (exact) mass is 1120 g/mol. The minimum absolute atomic E-state index is 0.180. The number of hydrogen-bond donors (Lipinski definition) is 1. The lowest BCUT2D eigenvalue weighted by Gasteiger charge is -2.34. The van der Waals surface area contributed by atoms with Gasteiger partial charge in [-0.2, -0.15) is 0 Å². The maximum absolute atomic E-state index is 7.96. The first-order valence-corrected chi connectivity index (χ1v) is 38.5. The first kappa shape index (κ1) is 77.2. The van der Waals surface area contributed by atoms with Gasteiger partial charge in [-0.1, -0.05) is 444 Å². The standard InChI is InChI=1S/C79H153N/c1-5-9-13-17-21-25-29-33-37-41-45-49-53-57-61-65-70-76-71-69-73-78(77(76)72-66-62-58-54-50-46-42-38-34-30-26-22-18-14-10-6-2)79(80,74-67-63-59-55-51-47-43-39-35-31-27-23-19-15-11-7-3)75-68-64-60-56-52-48-44-40-36-32-28-24-20-16-12-8-4/h69,71,73H,5-68,70,72,74-75,80H2,1-4H3. The Bertz CT molecular complexity index is 1260. The smallest absolute Gasteiger partial charge is 0.0412 e. The summed E-state index contributed by atoms with van der Waals surface area (Å²) in [6, 6.07) is 7.52. The molecule has 0 radical (unpaired) electrons. The Balaban J connectivity index is 2.82. The zero-order valence-electron chi connectivity index (χ0n) is 56.4. The highest BCUT2D eigenvalue weighted by Crippen LogP contribution is 2.36. The van der Waals surface area contributed by atoms with Crippen molar-refractivity contribution in [1.29, 1.82) is 0 Å². The van der Waals surface area contributed by atoms with Gasteiger partial charge in [-0.3, -0.25) is 0 Å². The number of nitrogens with two attached hydrogens (primary N) is 1. The molecule has 1 nitrogen and oxygen atoms in total. The predicted octanol–water partition coefficient (Wildman–Crippen LogP) is 28.8. The molecular weight excluding hydrogens is 963 g/mol. The molecule has 474 valence electrons. The number of rotatable bonds is 69. The molecule has 80 heavy (non-hydrogen) atoms. The van der Waals surface area contributed by atoms with E-state index in [0.717, 1.165) is 0 Å². The molecule has 0 spiro atoms. The van der Waals surface area contributed by atoms with Crippen LogP contribution in [-0.2, 0) is 18.4 Å². The molecule has 0 unspecified atom stereocenters. The van der Waals surface area contributed by atoms with E-state index in [0.29, 0.717) is 0 Å². The minimum atomic E-state index is -0.180. The van der Waals surface area contributed by atoms with Gasteiger partial charge >= 0.3 is 0 Å². The minimum Gasteiger partial charge on any atom is -0.321 e. The highest BCUT2D eigenvalue weighted by atomic mass is 14.7. The molecule has 0 saturated heterocycles. The summed E-state index contributed by atoms with van der Waals surface area (Å²) in [7, 11) is 0. The fourth-order valence-electron chi connectivity index (χ4n) is 13.7. The van der Waals surface area contributed by atoms with E-state index < -0.39 is 0 Å². The fraction of sp³-hybridized carbons (Fsp3) is 0.924. The van der Waals surface area contributed by atoms with Gasteiger partial charge in [-0.25, -0.2) is 0 Å². The first-order valence-electron chi connectivity index (χ1n) is 38.5. The second-order valence-corrected chi connectivity index (χ2v) is 27.3. The van der Waals surface area contributed by atoms with Crippen LogP contribution in [-0.4, -0.2) is 0 Å². The molecule has 2 N–H and O–H groups in total. The van der Waals surface area contributed by atoms with E-state index in [1.165, 1.54) is 437 Å². The molecule has 0 heterocycles. The average molecular weight is 1120 g/mol. The third kappa shape index (κ3) is 51.6. The van der Waals surface area contributed by atoms with Gasteiger partial charge in [-0.15, -0.1) is 0 Å². The molecule has 0 amide bonds. The molecule has 1 aromatic rings. The zero-order chi connectivity index (χ0) is 57.4. The molecule has 0 aliphatic heterocycles. The van der Waals surface area contributed by atoms with Gasteiger partial charge in [0.1, 0.15) is 0 Å². The summed E-state index contributed by atoms with van der Waals surface area (Å²) in [5.74, 6) is 0. The highest BCUT2D eigenvalue weighted by molar-refractivity contribution is 5.40. The fourth-order valence-corrected chi connectivity index (χ4v) is 13.7. The second-order valence-electron chi connectivity index (χ2n) is 27.3. The van der Waals surface area contributed by atoms with Crippen LogP contribution in [0.2, 0.25) is 0 Å². The predicted molar refractivity (Wildman–Crippen MR) is 367 cm³/mol. The summed E-state index contributed by atoms with van der Waals surface area (Å²) in [6.45, 7) is 9.31. The molecule has 0 saturated carbocycles. The van der Waals surface area contributed by atoms with Crippen LogP contribution in [0.15, 0.2) is 18.2 Å². The van der Waals surface area contributed by atoms with Gasteiger partial charge in [0.05, 0.1) is 0 Å². The topological polar surface area (TPSA) is 26.0 Å². The molecule has 0 bridgehead atoms. The number of unbranched alkanes of at least 4 members (excludes halogenated alkanes) is 60. The van der Waals surface area contributed by atoms with E-state index in [9.17, 15) is 0 Å². The molecule has 1 rings (SSSR count). The number of aryl methyl sites for hydroxylation is 1. The lowest BCUT2D eigenvalue weighted by molar-refractivity contribution is 0.340. The van der Waals surface area contributed by atoms with E-state index in [2.05, 4.69) is 45.9 Å². The molecule has 0 aromatic heterocycles. The summed E-state index contributed by atoms with van der Waals surface area (Å²) in [6.07, 6.45) is 96.7. The number of hydrogen-bond acceptors (Lipinski definition) is 1. The molecule has 0 fully saturated rings. The van der Waals surface area contributed by atoms with Crippen molar-refractivity contribution < 1.29 is 0 Å². The van der Waals surface area contributed by atoms with Gasteiger partial charge in [0.2, 0.25) is 0 Å². The van der Waals surface area contributed by atoms with Crippen LogP contribution in [0.1, 0.15) is 468 Å². The van der Waals surface area contributed by atoms with Crippen LogP contribution in [0.25, 0.3) is 0 Å². The molecule has 1 aromatic carbocycles. The van der Waals surface area contributed by atoms with Gasteiger partial charge in [0.25, 0.3) is 0 Å². The normalized spacial score (nSPS) is 12.0. The third-order valence-electron chi connectivity index (χ3n) is 19.3. The lowest BCUT2D eigenvalue weighted by atomic mass is 9.76. The van der Waals surface area contributed by atoms with Crippen molar-refractivity contribution in [2.75, 3.05) is 0 Å². The average Bonchev–Trinajstić information content (AvgIpc) is 3.48. The van der Waals surface area contributed by atoms with Crippen molar-refractivity contribution in [2.45, 2.75) is 470 Å². The van der Waals surface area contributed by atoms with Crippen molar-refractivity contribution in [2.24, 2.45) is 5.73 Å². The van der Waals surface area contributed by atoms with Crippen LogP contribution in [0.4, 0.5) is 0 Å². The summed E-state index contributed by atoms with van der Waals surface area (Å²) in [5.41, 5.74) is 12.7. The van der Waals surface area contributed by atoms with Crippen LogP contribution in [0.3, 0.4) is 0 Å². The third-order valence-corrected chi connectivity index (χ3v) is 19.3.